The molecule has 1 aromatic carbocycles. The molecule has 2 aromatic rings. The van der Waals surface area contributed by atoms with Crippen molar-refractivity contribution >= 4 is 5.96 Å². The number of benzene rings is 1. The van der Waals surface area contributed by atoms with Crippen LogP contribution in [0.15, 0.2) is 41.9 Å². The summed E-state index contributed by atoms with van der Waals surface area (Å²) in [7, 11) is 0. The van der Waals surface area contributed by atoms with Gasteiger partial charge in [0.15, 0.2) is 17.5 Å². The zero-order chi connectivity index (χ0) is 22.2. The molecule has 0 radical (unpaired) electrons. The van der Waals surface area contributed by atoms with Crippen LogP contribution in [-0.4, -0.2) is 53.3 Å². The molecule has 3 rings (SSSR count). The number of rotatable bonds is 8. The van der Waals surface area contributed by atoms with Crippen molar-refractivity contribution in [1.82, 2.24) is 19.8 Å². The summed E-state index contributed by atoms with van der Waals surface area (Å²) in [4.78, 5) is 11.3. The van der Waals surface area contributed by atoms with E-state index in [-0.39, 0.29) is 5.75 Å². The molecule has 170 valence electrons. The van der Waals surface area contributed by atoms with Gasteiger partial charge in [-0.3, -0.25) is 0 Å². The maximum Gasteiger partial charge on any atom is 0.387 e. The first kappa shape index (κ1) is 22.8. The second-order valence-electron chi connectivity index (χ2n) is 7.55. The largest absolute Gasteiger partial charge is 0.490 e. The van der Waals surface area contributed by atoms with Crippen molar-refractivity contribution in [3.63, 3.8) is 0 Å². The van der Waals surface area contributed by atoms with E-state index in [1.165, 1.54) is 6.07 Å². The van der Waals surface area contributed by atoms with E-state index in [0.29, 0.717) is 30.9 Å². The van der Waals surface area contributed by atoms with Gasteiger partial charge in [-0.15, -0.1) is 0 Å². The molecular formula is C22H31F2N5O2. The van der Waals surface area contributed by atoms with E-state index in [9.17, 15) is 8.78 Å². The molecule has 0 saturated carbocycles. The monoisotopic (exact) mass is 435 g/mol. The van der Waals surface area contributed by atoms with Gasteiger partial charge in [0.2, 0.25) is 0 Å². The van der Waals surface area contributed by atoms with Crippen molar-refractivity contribution < 1.29 is 18.3 Å². The Hall–Kier alpha value is -2.84. The number of guanidine groups is 1. The molecule has 0 bridgehead atoms. The van der Waals surface area contributed by atoms with Gasteiger partial charge >= 0.3 is 6.61 Å². The molecule has 7 nitrogen and oxygen atoms in total. The van der Waals surface area contributed by atoms with Crippen molar-refractivity contribution in [2.24, 2.45) is 10.9 Å². The zero-order valence-corrected chi connectivity index (χ0v) is 18.3. The smallest absolute Gasteiger partial charge is 0.387 e. The highest BCUT2D eigenvalue weighted by atomic mass is 19.3. The first-order valence-corrected chi connectivity index (χ1v) is 10.7. The van der Waals surface area contributed by atoms with E-state index in [4.69, 9.17) is 9.73 Å². The Morgan fingerprint density at radius 2 is 2.16 bits per heavy atom. The summed E-state index contributed by atoms with van der Waals surface area (Å²) in [6, 6.07) is 5.28. The van der Waals surface area contributed by atoms with Gasteiger partial charge in [0.25, 0.3) is 0 Å². The van der Waals surface area contributed by atoms with Crippen LogP contribution in [0.25, 0.3) is 0 Å². The van der Waals surface area contributed by atoms with Crippen molar-refractivity contribution in [3.8, 4) is 11.5 Å². The van der Waals surface area contributed by atoms with Crippen molar-refractivity contribution in [2.75, 3.05) is 26.2 Å². The molecule has 1 aliphatic rings. The lowest BCUT2D eigenvalue weighted by Crippen LogP contribution is -2.49. The fraction of sp³-hybridized carbons (Fsp3) is 0.545. The summed E-state index contributed by atoms with van der Waals surface area (Å²) in [5.74, 6) is 1.71. The number of aromatic nitrogens is 2. The van der Waals surface area contributed by atoms with Crippen molar-refractivity contribution in [3.05, 3.63) is 42.5 Å². The Morgan fingerprint density at radius 1 is 1.32 bits per heavy atom. The Morgan fingerprint density at radius 3 is 2.84 bits per heavy atom. The van der Waals surface area contributed by atoms with Crippen molar-refractivity contribution in [1.29, 1.82) is 0 Å². The van der Waals surface area contributed by atoms with Gasteiger partial charge in [-0.1, -0.05) is 13.0 Å². The highest BCUT2D eigenvalue weighted by molar-refractivity contribution is 5.80. The molecule has 2 atom stereocenters. The molecule has 31 heavy (non-hydrogen) atoms. The second kappa shape index (κ2) is 11.0. The zero-order valence-electron chi connectivity index (χ0n) is 18.3. The number of nitrogens with one attached hydrogen (secondary N) is 1. The van der Waals surface area contributed by atoms with Crippen LogP contribution in [0.3, 0.4) is 0 Å². The Balaban J connectivity index is 1.75. The number of alkyl halides is 2. The number of nitrogens with zero attached hydrogens (tertiary/aromatic N) is 4. The number of hydrogen-bond acceptors (Lipinski definition) is 4. The lowest BCUT2D eigenvalue weighted by Gasteiger charge is -2.39. The molecule has 1 aromatic heterocycles. The van der Waals surface area contributed by atoms with Gasteiger partial charge < -0.3 is 24.3 Å². The highest BCUT2D eigenvalue weighted by Crippen LogP contribution is 2.30. The Labute approximate surface area is 182 Å². The van der Waals surface area contributed by atoms with Crippen LogP contribution in [0.1, 0.15) is 38.8 Å². The maximum absolute atomic E-state index is 12.6. The van der Waals surface area contributed by atoms with Crippen LogP contribution < -0.4 is 14.8 Å². The number of imidazole rings is 1. The van der Waals surface area contributed by atoms with Gasteiger partial charge in [-0.25, -0.2) is 9.98 Å². The molecule has 0 spiro atoms. The van der Waals surface area contributed by atoms with Gasteiger partial charge in [0.05, 0.1) is 25.5 Å². The summed E-state index contributed by atoms with van der Waals surface area (Å²) in [6.07, 6.45) is 6.74. The predicted molar refractivity (Wildman–Crippen MR) is 116 cm³/mol. The van der Waals surface area contributed by atoms with Gasteiger partial charge in [0.1, 0.15) is 0 Å². The fourth-order valence-corrected chi connectivity index (χ4v) is 3.80. The average Bonchev–Trinajstić information content (AvgIpc) is 3.28. The molecule has 1 aliphatic heterocycles. The van der Waals surface area contributed by atoms with Gasteiger partial charge in [0, 0.05) is 32.0 Å². The quantitative estimate of drug-likeness (QED) is 0.503. The molecule has 1 fully saturated rings. The third-order valence-corrected chi connectivity index (χ3v) is 5.40. The fourth-order valence-electron chi connectivity index (χ4n) is 3.80. The number of aliphatic imine (C=N–C) groups is 1. The van der Waals surface area contributed by atoms with Crippen LogP contribution in [0, 0.1) is 5.92 Å². The Kier molecular flexibility index (Phi) is 8.08. The highest BCUT2D eigenvalue weighted by Gasteiger charge is 2.28. The molecule has 0 aliphatic carbocycles. The first-order chi connectivity index (χ1) is 15.0. The van der Waals surface area contributed by atoms with E-state index in [0.717, 1.165) is 37.6 Å². The van der Waals surface area contributed by atoms with E-state index in [1.54, 1.807) is 19.1 Å². The third kappa shape index (κ3) is 6.08. The van der Waals surface area contributed by atoms with Crippen LogP contribution in [0.4, 0.5) is 8.78 Å². The Bertz CT molecular complexity index is 844. The van der Waals surface area contributed by atoms with Crippen LogP contribution in [-0.2, 0) is 6.54 Å². The van der Waals surface area contributed by atoms with E-state index in [1.807, 2.05) is 25.6 Å². The van der Waals surface area contributed by atoms with Crippen molar-refractivity contribution in [2.45, 2.75) is 46.4 Å². The minimum absolute atomic E-state index is 0.0321. The lowest BCUT2D eigenvalue weighted by atomic mass is 9.93. The average molecular weight is 436 g/mol. The van der Waals surface area contributed by atoms with Crippen LogP contribution in [0.2, 0.25) is 0 Å². The topological polar surface area (TPSA) is 63.9 Å². The van der Waals surface area contributed by atoms with Crippen LogP contribution in [0.5, 0.6) is 11.5 Å². The molecular weight excluding hydrogens is 404 g/mol. The number of hydrogen-bond donors (Lipinski definition) is 1. The number of piperidine rings is 1. The lowest BCUT2D eigenvalue weighted by molar-refractivity contribution is -0.0514. The summed E-state index contributed by atoms with van der Waals surface area (Å²) >= 11 is 0. The van der Waals surface area contributed by atoms with Crippen LogP contribution >= 0.6 is 0 Å². The predicted octanol–water partition coefficient (Wildman–Crippen LogP) is 3.93. The summed E-state index contributed by atoms with van der Waals surface area (Å²) in [6.45, 7) is 6.49. The SMILES string of the molecule is CCNC(=NCc1ccc(OC(F)F)c(OCC)c1)N1CCC(C)C(n2ccnc2)C1. The van der Waals surface area contributed by atoms with Gasteiger partial charge in [-0.05, 0) is 43.9 Å². The molecule has 2 heterocycles. The minimum Gasteiger partial charge on any atom is -0.490 e. The standard InChI is InChI=1S/C22H31F2N5O2/c1-4-26-22(28-10-8-16(3)18(14-28)29-11-9-25-15-29)27-13-17-6-7-19(31-21(23)24)20(12-17)30-5-2/h6-7,9,11-12,15-16,18,21H,4-5,8,10,13-14H2,1-3H3,(H,26,27). The van der Waals surface area contributed by atoms with E-state index >= 15 is 0 Å². The molecule has 0 amide bonds. The summed E-state index contributed by atoms with van der Waals surface area (Å²) < 4.78 is 37.4. The number of ether oxygens (including phenoxy) is 2. The molecule has 1 saturated heterocycles. The normalized spacial score (nSPS) is 19.5. The minimum atomic E-state index is -2.90. The summed E-state index contributed by atoms with van der Waals surface area (Å²) in [5.41, 5.74) is 0.858. The molecule has 1 N–H and O–H groups in total. The maximum atomic E-state index is 12.6. The number of likely N-dealkylation sites (tertiary alicyclic amines) is 1. The molecule has 9 heteroatoms. The third-order valence-electron chi connectivity index (χ3n) is 5.40. The van der Waals surface area contributed by atoms with E-state index < -0.39 is 6.61 Å². The first-order valence-electron chi connectivity index (χ1n) is 10.7. The summed E-state index contributed by atoms with van der Waals surface area (Å²) in [5, 5.41) is 3.38. The van der Waals surface area contributed by atoms with Gasteiger partial charge in [-0.2, -0.15) is 8.78 Å². The van der Waals surface area contributed by atoms with E-state index in [2.05, 4.69) is 31.4 Å². The second-order valence-corrected chi connectivity index (χ2v) is 7.55. The molecule has 2 unspecified atom stereocenters. The number of halogens is 2.